The van der Waals surface area contributed by atoms with Gasteiger partial charge >= 0.3 is 6.61 Å². The minimum Gasteiger partial charge on any atom is -0.493 e. The molecular weight excluding hydrogens is 354 g/mol. The van der Waals surface area contributed by atoms with Crippen LogP contribution >= 0.6 is 0 Å². The maximum atomic E-state index is 12.7. The number of alkyl halides is 2. The minimum absolute atomic E-state index is 0.0662. The van der Waals surface area contributed by atoms with E-state index in [1.807, 2.05) is 32.0 Å². The van der Waals surface area contributed by atoms with E-state index in [0.717, 1.165) is 11.1 Å². The highest BCUT2D eigenvalue weighted by Crippen LogP contribution is 2.34. The monoisotopic (exact) mass is 372 g/mol. The predicted octanol–water partition coefficient (Wildman–Crippen LogP) is 4.46. The summed E-state index contributed by atoms with van der Waals surface area (Å²) in [5.74, 6) is -0.833. The van der Waals surface area contributed by atoms with Crippen molar-refractivity contribution >= 4 is 17.7 Å². The average molecular weight is 372 g/mol. The fourth-order valence-corrected chi connectivity index (χ4v) is 2.52. The van der Waals surface area contributed by atoms with E-state index in [4.69, 9.17) is 4.74 Å². The van der Waals surface area contributed by atoms with Crippen LogP contribution in [-0.4, -0.2) is 19.6 Å². The highest BCUT2D eigenvalue weighted by atomic mass is 19.3. The van der Waals surface area contributed by atoms with Gasteiger partial charge in [0, 0.05) is 11.3 Å². The molecule has 0 radical (unpaired) electrons. The summed E-state index contributed by atoms with van der Waals surface area (Å²) < 4.78 is 35.0. The quantitative estimate of drug-likeness (QED) is 0.600. The number of para-hydroxylation sites is 2. The SMILES string of the molecule is COc1cccc(/C=C(\C#N)C(=O)Nc2c(C)cccc2C)c1OC(F)F. The van der Waals surface area contributed by atoms with Crippen LogP contribution < -0.4 is 14.8 Å². The number of nitrogens with one attached hydrogen (secondary N) is 1. The lowest BCUT2D eigenvalue weighted by Crippen LogP contribution is -2.15. The lowest BCUT2D eigenvalue weighted by atomic mass is 10.1. The van der Waals surface area contributed by atoms with Gasteiger partial charge in [-0.05, 0) is 37.1 Å². The van der Waals surface area contributed by atoms with Crippen molar-refractivity contribution in [2.45, 2.75) is 20.5 Å². The molecule has 2 aromatic carbocycles. The number of nitrogens with zero attached hydrogens (tertiary/aromatic N) is 1. The second-order valence-corrected chi connectivity index (χ2v) is 5.65. The number of hydrogen-bond donors (Lipinski definition) is 1. The molecule has 140 valence electrons. The van der Waals surface area contributed by atoms with Crippen LogP contribution in [0.25, 0.3) is 6.08 Å². The molecule has 0 aliphatic rings. The summed E-state index contributed by atoms with van der Waals surface area (Å²) in [4.78, 5) is 12.5. The third-order valence-corrected chi connectivity index (χ3v) is 3.82. The van der Waals surface area contributed by atoms with Gasteiger partial charge in [0.05, 0.1) is 7.11 Å². The third-order valence-electron chi connectivity index (χ3n) is 3.82. The van der Waals surface area contributed by atoms with Gasteiger partial charge in [-0.25, -0.2) is 0 Å². The number of rotatable bonds is 6. The van der Waals surface area contributed by atoms with Crippen LogP contribution in [0.4, 0.5) is 14.5 Å². The van der Waals surface area contributed by atoms with Crippen molar-refractivity contribution in [1.29, 1.82) is 5.26 Å². The van der Waals surface area contributed by atoms with Gasteiger partial charge in [0.1, 0.15) is 11.6 Å². The highest BCUT2D eigenvalue weighted by molar-refractivity contribution is 6.10. The van der Waals surface area contributed by atoms with Crippen LogP contribution in [0.1, 0.15) is 16.7 Å². The van der Waals surface area contributed by atoms with Crippen molar-refractivity contribution < 1.29 is 23.0 Å². The van der Waals surface area contributed by atoms with Crippen molar-refractivity contribution in [3.8, 4) is 17.6 Å². The molecule has 2 aromatic rings. The summed E-state index contributed by atoms with van der Waals surface area (Å²) in [6.07, 6.45) is 1.18. The van der Waals surface area contributed by atoms with E-state index in [1.165, 1.54) is 25.3 Å². The van der Waals surface area contributed by atoms with Gasteiger partial charge in [0.25, 0.3) is 5.91 Å². The molecule has 0 aliphatic heterocycles. The summed E-state index contributed by atoms with van der Waals surface area (Å²) >= 11 is 0. The van der Waals surface area contributed by atoms with Gasteiger partial charge in [-0.1, -0.05) is 30.3 Å². The Bertz CT molecular complexity index is 898. The molecular formula is C20H18F2N2O3. The molecule has 1 amide bonds. The van der Waals surface area contributed by atoms with Crippen molar-refractivity contribution in [3.63, 3.8) is 0 Å². The van der Waals surface area contributed by atoms with Crippen molar-refractivity contribution in [1.82, 2.24) is 0 Å². The molecule has 0 atom stereocenters. The third kappa shape index (κ3) is 4.82. The second kappa shape index (κ2) is 8.81. The number of hydrogen-bond acceptors (Lipinski definition) is 4. The van der Waals surface area contributed by atoms with E-state index in [2.05, 4.69) is 10.1 Å². The zero-order valence-corrected chi connectivity index (χ0v) is 15.0. The normalized spacial score (nSPS) is 11.1. The maximum absolute atomic E-state index is 12.7. The van der Waals surface area contributed by atoms with Gasteiger partial charge in [-0.2, -0.15) is 14.0 Å². The summed E-state index contributed by atoms with van der Waals surface area (Å²) in [6.45, 7) is 0.576. The van der Waals surface area contributed by atoms with E-state index < -0.39 is 12.5 Å². The summed E-state index contributed by atoms with van der Waals surface area (Å²) in [6, 6.07) is 11.7. The molecule has 1 N–H and O–H groups in total. The highest BCUT2D eigenvalue weighted by Gasteiger charge is 2.17. The minimum atomic E-state index is -3.08. The van der Waals surface area contributed by atoms with E-state index in [9.17, 15) is 18.8 Å². The van der Waals surface area contributed by atoms with Crippen LogP contribution in [0.3, 0.4) is 0 Å². The number of carbonyl (C=O) groups excluding carboxylic acids is 1. The fourth-order valence-electron chi connectivity index (χ4n) is 2.52. The Morgan fingerprint density at radius 1 is 1.19 bits per heavy atom. The Balaban J connectivity index is 2.41. The molecule has 5 nitrogen and oxygen atoms in total. The molecule has 0 saturated carbocycles. The summed E-state index contributed by atoms with van der Waals surface area (Å²) in [7, 11) is 1.31. The number of methoxy groups -OCH3 is 1. The number of benzene rings is 2. The first-order chi connectivity index (χ1) is 12.9. The van der Waals surface area contributed by atoms with Gasteiger partial charge in [-0.3, -0.25) is 4.79 Å². The largest absolute Gasteiger partial charge is 0.493 e. The van der Waals surface area contributed by atoms with Crippen LogP contribution in [0, 0.1) is 25.2 Å². The average Bonchev–Trinajstić information content (AvgIpc) is 2.63. The Kier molecular flexibility index (Phi) is 6.50. The van der Waals surface area contributed by atoms with Crippen LogP contribution in [0.2, 0.25) is 0 Å². The Morgan fingerprint density at radius 2 is 1.81 bits per heavy atom. The van der Waals surface area contributed by atoms with Gasteiger partial charge in [0.2, 0.25) is 0 Å². The Morgan fingerprint density at radius 3 is 2.37 bits per heavy atom. The molecule has 0 unspecified atom stereocenters. The van der Waals surface area contributed by atoms with Gasteiger partial charge < -0.3 is 14.8 Å². The molecule has 0 fully saturated rings. The van der Waals surface area contributed by atoms with E-state index in [-0.39, 0.29) is 22.6 Å². The number of carbonyl (C=O) groups is 1. The first-order valence-electron chi connectivity index (χ1n) is 7.98. The van der Waals surface area contributed by atoms with E-state index >= 15 is 0 Å². The number of nitriles is 1. The van der Waals surface area contributed by atoms with E-state index in [1.54, 1.807) is 12.1 Å². The zero-order chi connectivity index (χ0) is 20.0. The topological polar surface area (TPSA) is 71.3 Å². The fraction of sp³-hybridized carbons (Fsp3) is 0.200. The van der Waals surface area contributed by atoms with Crippen molar-refractivity contribution in [2.75, 3.05) is 12.4 Å². The molecule has 0 aromatic heterocycles. The van der Waals surface area contributed by atoms with Crippen LogP contribution in [0.5, 0.6) is 11.5 Å². The predicted molar refractivity (Wildman–Crippen MR) is 97.8 cm³/mol. The molecule has 27 heavy (non-hydrogen) atoms. The lowest BCUT2D eigenvalue weighted by molar-refractivity contribution is -0.112. The van der Waals surface area contributed by atoms with E-state index in [0.29, 0.717) is 5.69 Å². The van der Waals surface area contributed by atoms with Gasteiger partial charge in [0.15, 0.2) is 11.5 Å². The molecule has 0 saturated heterocycles. The molecule has 2 rings (SSSR count). The Hall–Kier alpha value is -3.40. The van der Waals surface area contributed by atoms with Gasteiger partial charge in [-0.15, -0.1) is 0 Å². The molecule has 0 aliphatic carbocycles. The van der Waals surface area contributed by atoms with Crippen molar-refractivity contribution in [2.24, 2.45) is 0 Å². The molecule has 0 bridgehead atoms. The van der Waals surface area contributed by atoms with Crippen LogP contribution in [-0.2, 0) is 4.79 Å². The Labute approximate surface area is 155 Å². The number of ether oxygens (including phenoxy) is 2. The second-order valence-electron chi connectivity index (χ2n) is 5.65. The molecule has 0 heterocycles. The van der Waals surface area contributed by atoms with Crippen molar-refractivity contribution in [3.05, 3.63) is 58.7 Å². The van der Waals surface area contributed by atoms with Crippen LogP contribution in [0.15, 0.2) is 42.0 Å². The standard InChI is InChI=1S/C20H18F2N2O3/c1-12-6-4-7-13(2)17(12)24-19(25)15(11-23)10-14-8-5-9-16(26-3)18(14)27-20(21)22/h4-10,20H,1-3H3,(H,24,25)/b15-10+. The smallest absolute Gasteiger partial charge is 0.387 e. The number of halogens is 2. The number of amides is 1. The molecule has 0 spiro atoms. The number of aryl methyl sites for hydroxylation is 2. The molecule has 7 heteroatoms. The zero-order valence-electron chi connectivity index (χ0n) is 15.0. The lowest BCUT2D eigenvalue weighted by Gasteiger charge is -2.13. The first-order valence-corrected chi connectivity index (χ1v) is 7.98. The first kappa shape index (κ1) is 19.9. The maximum Gasteiger partial charge on any atom is 0.387 e. The number of anilines is 1. The summed E-state index contributed by atoms with van der Waals surface area (Å²) in [5.41, 5.74) is 2.14. The summed E-state index contributed by atoms with van der Waals surface area (Å²) in [5, 5.41) is 12.1.